The highest BCUT2D eigenvalue weighted by Gasteiger charge is 2.08. The molecule has 0 saturated heterocycles. The smallest absolute Gasteiger partial charge is 0.0722 e. The van der Waals surface area contributed by atoms with Crippen LogP contribution in [0.15, 0.2) is 34.8 Å². The van der Waals surface area contributed by atoms with Gasteiger partial charge in [-0.3, -0.25) is 0 Å². The largest absolute Gasteiger partial charge is 0.379 e. The first-order chi connectivity index (χ1) is 8.97. The summed E-state index contributed by atoms with van der Waals surface area (Å²) in [6, 6.07) is 10.1. The number of aryl methyl sites for hydroxylation is 2. The van der Waals surface area contributed by atoms with Crippen molar-refractivity contribution in [3.8, 4) is 0 Å². The standard InChI is InChI=1S/C15H14BrCl2N/c1-9-3-4-11(10(2)5-9)8-19-15-13(17)6-12(16)7-14(15)18/h3-7,19H,8H2,1-2H3. The summed E-state index contributed by atoms with van der Waals surface area (Å²) >= 11 is 15.7. The Hall–Kier alpha value is -0.700. The topological polar surface area (TPSA) is 12.0 Å². The minimum atomic E-state index is 0.615. The summed E-state index contributed by atoms with van der Waals surface area (Å²) in [4.78, 5) is 0. The summed E-state index contributed by atoms with van der Waals surface area (Å²) < 4.78 is 0.875. The third-order valence-corrected chi connectivity index (χ3v) is 4.01. The van der Waals surface area contributed by atoms with Crippen molar-refractivity contribution in [3.63, 3.8) is 0 Å². The maximum absolute atomic E-state index is 6.19. The van der Waals surface area contributed by atoms with Gasteiger partial charge in [-0.25, -0.2) is 0 Å². The molecule has 0 amide bonds. The predicted octanol–water partition coefficient (Wildman–Crippen LogP) is 5.98. The van der Waals surface area contributed by atoms with E-state index >= 15 is 0 Å². The van der Waals surface area contributed by atoms with Gasteiger partial charge in [-0.2, -0.15) is 0 Å². The van der Waals surface area contributed by atoms with Crippen molar-refractivity contribution in [2.24, 2.45) is 0 Å². The SMILES string of the molecule is Cc1ccc(CNc2c(Cl)cc(Br)cc2Cl)c(C)c1. The van der Waals surface area contributed by atoms with E-state index in [1.165, 1.54) is 16.7 Å². The molecule has 0 aliphatic carbocycles. The molecule has 0 aliphatic heterocycles. The molecule has 2 aromatic carbocycles. The zero-order valence-corrected chi connectivity index (χ0v) is 13.8. The molecule has 0 bridgehead atoms. The summed E-state index contributed by atoms with van der Waals surface area (Å²) in [5.41, 5.74) is 4.53. The van der Waals surface area contributed by atoms with Gasteiger partial charge in [0.1, 0.15) is 0 Å². The van der Waals surface area contributed by atoms with Crippen LogP contribution in [0, 0.1) is 13.8 Å². The molecule has 0 spiro atoms. The number of nitrogens with one attached hydrogen (secondary N) is 1. The minimum Gasteiger partial charge on any atom is -0.379 e. The minimum absolute atomic E-state index is 0.615. The first kappa shape index (κ1) is 14.7. The first-order valence-corrected chi connectivity index (χ1v) is 7.47. The fourth-order valence-electron chi connectivity index (χ4n) is 1.94. The third kappa shape index (κ3) is 3.65. The average molecular weight is 359 g/mol. The Balaban J connectivity index is 2.19. The third-order valence-electron chi connectivity index (χ3n) is 2.96. The molecule has 2 aromatic rings. The van der Waals surface area contributed by atoms with Crippen molar-refractivity contribution in [3.05, 3.63) is 61.5 Å². The zero-order chi connectivity index (χ0) is 14.0. The number of anilines is 1. The molecule has 1 nitrogen and oxygen atoms in total. The van der Waals surface area contributed by atoms with Crippen LogP contribution in [0.4, 0.5) is 5.69 Å². The second-order valence-electron chi connectivity index (χ2n) is 4.53. The lowest BCUT2D eigenvalue weighted by atomic mass is 10.1. The van der Waals surface area contributed by atoms with Gasteiger partial charge in [0.05, 0.1) is 15.7 Å². The molecule has 0 atom stereocenters. The van der Waals surface area contributed by atoms with Gasteiger partial charge < -0.3 is 5.32 Å². The Morgan fingerprint density at radius 2 is 1.68 bits per heavy atom. The van der Waals surface area contributed by atoms with Crippen LogP contribution < -0.4 is 5.32 Å². The van der Waals surface area contributed by atoms with Crippen molar-refractivity contribution < 1.29 is 0 Å². The van der Waals surface area contributed by atoms with E-state index in [2.05, 4.69) is 53.3 Å². The van der Waals surface area contributed by atoms with E-state index in [9.17, 15) is 0 Å². The number of halogens is 3. The highest BCUT2D eigenvalue weighted by molar-refractivity contribution is 9.10. The quantitative estimate of drug-likeness (QED) is 0.710. The number of hydrogen-bond donors (Lipinski definition) is 1. The molecule has 0 aromatic heterocycles. The second kappa shape index (κ2) is 6.17. The first-order valence-electron chi connectivity index (χ1n) is 5.92. The van der Waals surface area contributed by atoms with E-state index in [1.54, 1.807) is 0 Å². The van der Waals surface area contributed by atoms with Crippen molar-refractivity contribution >= 4 is 44.8 Å². The molecule has 0 unspecified atom stereocenters. The lowest BCUT2D eigenvalue weighted by Crippen LogP contribution is -2.02. The summed E-state index contributed by atoms with van der Waals surface area (Å²) in [6.45, 7) is 4.90. The molecule has 0 aliphatic rings. The highest BCUT2D eigenvalue weighted by atomic mass is 79.9. The van der Waals surface area contributed by atoms with E-state index in [0.29, 0.717) is 16.6 Å². The lowest BCUT2D eigenvalue weighted by Gasteiger charge is -2.13. The van der Waals surface area contributed by atoms with Gasteiger partial charge >= 0.3 is 0 Å². The lowest BCUT2D eigenvalue weighted by molar-refractivity contribution is 1.11. The maximum Gasteiger partial charge on any atom is 0.0722 e. The Labute approximate surface area is 132 Å². The summed E-state index contributed by atoms with van der Waals surface area (Å²) in [5.74, 6) is 0. The molecule has 0 heterocycles. The second-order valence-corrected chi connectivity index (χ2v) is 6.26. The molecule has 0 radical (unpaired) electrons. The molecular formula is C15H14BrCl2N. The van der Waals surface area contributed by atoms with E-state index < -0.39 is 0 Å². The van der Waals surface area contributed by atoms with Crippen LogP contribution in [-0.2, 0) is 6.54 Å². The number of benzene rings is 2. The van der Waals surface area contributed by atoms with Gasteiger partial charge in [-0.15, -0.1) is 0 Å². The monoisotopic (exact) mass is 357 g/mol. The Morgan fingerprint density at radius 3 is 2.26 bits per heavy atom. The molecule has 2 rings (SSSR count). The van der Waals surface area contributed by atoms with Crippen LogP contribution in [0.3, 0.4) is 0 Å². The van der Waals surface area contributed by atoms with Gasteiger partial charge in [0, 0.05) is 11.0 Å². The fraction of sp³-hybridized carbons (Fsp3) is 0.200. The molecule has 19 heavy (non-hydrogen) atoms. The molecule has 0 fully saturated rings. The van der Waals surface area contributed by atoms with Gasteiger partial charge in [-0.05, 0) is 37.1 Å². The molecule has 0 saturated carbocycles. The molecule has 4 heteroatoms. The Morgan fingerprint density at radius 1 is 1.05 bits per heavy atom. The summed E-state index contributed by atoms with van der Waals surface area (Å²) in [6.07, 6.45) is 0. The Bertz CT molecular complexity index is 588. The van der Waals surface area contributed by atoms with Crippen LogP contribution in [0.5, 0.6) is 0 Å². The Kier molecular flexibility index (Phi) is 4.77. The van der Waals surface area contributed by atoms with Gasteiger partial charge in [-0.1, -0.05) is 62.9 Å². The fourth-order valence-corrected chi connectivity index (χ4v) is 3.28. The van der Waals surface area contributed by atoms with Gasteiger partial charge in [0.2, 0.25) is 0 Å². The molecule has 100 valence electrons. The number of rotatable bonds is 3. The van der Waals surface area contributed by atoms with Crippen LogP contribution in [0.25, 0.3) is 0 Å². The van der Waals surface area contributed by atoms with Crippen molar-refractivity contribution in [2.75, 3.05) is 5.32 Å². The highest BCUT2D eigenvalue weighted by Crippen LogP contribution is 2.34. The van der Waals surface area contributed by atoms with Crippen molar-refractivity contribution in [1.29, 1.82) is 0 Å². The van der Waals surface area contributed by atoms with Crippen LogP contribution >= 0.6 is 39.1 Å². The normalized spacial score (nSPS) is 10.6. The van der Waals surface area contributed by atoms with E-state index in [-0.39, 0.29) is 0 Å². The maximum atomic E-state index is 6.19. The average Bonchev–Trinajstić information content (AvgIpc) is 2.30. The van der Waals surface area contributed by atoms with Crippen molar-refractivity contribution in [1.82, 2.24) is 0 Å². The summed E-state index contributed by atoms with van der Waals surface area (Å²) in [7, 11) is 0. The summed E-state index contributed by atoms with van der Waals surface area (Å²) in [5, 5.41) is 4.53. The predicted molar refractivity (Wildman–Crippen MR) is 87.4 cm³/mol. The van der Waals surface area contributed by atoms with Crippen molar-refractivity contribution in [2.45, 2.75) is 20.4 Å². The molecular weight excluding hydrogens is 345 g/mol. The van der Waals surface area contributed by atoms with E-state index in [4.69, 9.17) is 23.2 Å². The molecule has 1 N–H and O–H groups in total. The van der Waals surface area contributed by atoms with Crippen LogP contribution in [0.2, 0.25) is 10.0 Å². The van der Waals surface area contributed by atoms with Gasteiger partial charge in [0.25, 0.3) is 0 Å². The number of hydrogen-bond acceptors (Lipinski definition) is 1. The van der Waals surface area contributed by atoms with E-state index in [0.717, 1.165) is 10.2 Å². The van der Waals surface area contributed by atoms with Gasteiger partial charge in [0.15, 0.2) is 0 Å². The zero-order valence-electron chi connectivity index (χ0n) is 10.7. The van der Waals surface area contributed by atoms with Crippen LogP contribution in [-0.4, -0.2) is 0 Å². The van der Waals surface area contributed by atoms with Crippen LogP contribution in [0.1, 0.15) is 16.7 Å². The van der Waals surface area contributed by atoms with E-state index in [1.807, 2.05) is 12.1 Å².